The van der Waals surface area contributed by atoms with Gasteiger partial charge in [0.1, 0.15) is 12.1 Å². The zero-order chi connectivity index (χ0) is 15.7. The highest BCUT2D eigenvalue weighted by Gasteiger charge is 2.43. The molecule has 0 saturated carbocycles. The van der Waals surface area contributed by atoms with Crippen molar-refractivity contribution in [2.45, 2.75) is 43.9 Å². The fourth-order valence-electron chi connectivity index (χ4n) is 3.20. The summed E-state index contributed by atoms with van der Waals surface area (Å²) in [6.45, 7) is 1.53. The molecule has 0 spiro atoms. The summed E-state index contributed by atoms with van der Waals surface area (Å²) in [6.07, 6.45) is 1.15. The minimum atomic E-state index is -1.03. The van der Waals surface area contributed by atoms with Crippen LogP contribution in [0, 0.1) is 0 Å². The summed E-state index contributed by atoms with van der Waals surface area (Å²) >= 11 is 1.56. The third kappa shape index (κ3) is 2.94. The van der Waals surface area contributed by atoms with Gasteiger partial charge in [-0.15, -0.1) is 11.8 Å². The van der Waals surface area contributed by atoms with Gasteiger partial charge in [-0.05, 0) is 25.7 Å². The highest BCUT2D eigenvalue weighted by Crippen LogP contribution is 2.28. The number of ether oxygens (including phenoxy) is 1. The van der Waals surface area contributed by atoms with Crippen LogP contribution in [0.25, 0.3) is 0 Å². The first-order chi connectivity index (χ1) is 10.6. The number of nitrogens with zero attached hydrogens (tertiary/aromatic N) is 2. The van der Waals surface area contributed by atoms with Crippen molar-refractivity contribution in [2.24, 2.45) is 0 Å². The first-order valence-electron chi connectivity index (χ1n) is 7.63. The van der Waals surface area contributed by atoms with Gasteiger partial charge in [0.25, 0.3) is 5.91 Å². The first-order valence-corrected chi connectivity index (χ1v) is 8.78. The molecule has 3 aliphatic heterocycles. The number of hydrogen-bond acceptors (Lipinski definition) is 5. The third-order valence-corrected chi connectivity index (χ3v) is 5.45. The van der Waals surface area contributed by atoms with Crippen LogP contribution in [0.4, 0.5) is 0 Å². The largest absolute Gasteiger partial charge is 0.479 e. The Morgan fingerprint density at radius 1 is 1.05 bits per heavy atom. The fourth-order valence-corrected chi connectivity index (χ4v) is 4.35. The van der Waals surface area contributed by atoms with Gasteiger partial charge in [0.05, 0.1) is 5.88 Å². The summed E-state index contributed by atoms with van der Waals surface area (Å²) in [5, 5.41) is 8.95. The molecule has 7 nitrogen and oxygen atoms in total. The molecule has 3 atom stereocenters. The molecule has 3 rings (SSSR count). The molecule has 0 aromatic carbocycles. The predicted octanol–water partition coefficient (Wildman–Crippen LogP) is 0.142. The Balaban J connectivity index is 1.64. The van der Waals surface area contributed by atoms with E-state index in [1.807, 2.05) is 4.90 Å². The van der Waals surface area contributed by atoms with Crippen LogP contribution in [-0.2, 0) is 19.1 Å². The van der Waals surface area contributed by atoms with Crippen molar-refractivity contribution >= 4 is 29.5 Å². The number of amides is 2. The molecule has 3 fully saturated rings. The number of carbonyl (C=O) groups excluding carboxylic acids is 2. The molecule has 0 bridgehead atoms. The summed E-state index contributed by atoms with van der Waals surface area (Å²) in [5.74, 6) is -0.178. The average Bonchev–Trinajstić information content (AvgIpc) is 3.25. The lowest BCUT2D eigenvalue weighted by molar-refractivity contribution is -0.157. The van der Waals surface area contributed by atoms with E-state index in [2.05, 4.69) is 0 Å². The lowest BCUT2D eigenvalue weighted by Gasteiger charge is -2.28. The van der Waals surface area contributed by atoms with Gasteiger partial charge in [-0.3, -0.25) is 9.59 Å². The molecule has 0 aromatic rings. The Kier molecular flexibility index (Phi) is 4.58. The number of carbonyl (C=O) groups is 3. The molecule has 0 aliphatic carbocycles. The maximum Gasteiger partial charge on any atom is 0.332 e. The number of thioether (sulfide) groups is 1. The SMILES string of the molecule is O=C(O)[C@H]1CC[C@@H](C(=O)N2CSCC2C(=O)N2CCCC2)O1. The van der Waals surface area contributed by atoms with E-state index >= 15 is 0 Å². The molecule has 1 N–H and O–H groups in total. The minimum Gasteiger partial charge on any atom is -0.479 e. The number of carboxylic acid groups (broad SMARTS) is 1. The van der Waals surface area contributed by atoms with E-state index in [1.165, 1.54) is 0 Å². The van der Waals surface area contributed by atoms with E-state index in [0.29, 0.717) is 24.5 Å². The summed E-state index contributed by atoms with van der Waals surface area (Å²) in [4.78, 5) is 39.4. The minimum absolute atomic E-state index is 0.0173. The molecule has 122 valence electrons. The summed E-state index contributed by atoms with van der Waals surface area (Å²) < 4.78 is 5.33. The molecule has 0 radical (unpaired) electrons. The van der Waals surface area contributed by atoms with Gasteiger partial charge >= 0.3 is 5.97 Å². The Labute approximate surface area is 133 Å². The van der Waals surface area contributed by atoms with E-state index < -0.39 is 24.2 Å². The van der Waals surface area contributed by atoms with Crippen molar-refractivity contribution in [2.75, 3.05) is 24.7 Å². The summed E-state index contributed by atoms with van der Waals surface area (Å²) in [6, 6.07) is -0.428. The molecule has 2 amide bonds. The second kappa shape index (κ2) is 6.45. The van der Waals surface area contributed by atoms with Crippen LogP contribution in [0.3, 0.4) is 0 Å². The van der Waals surface area contributed by atoms with Gasteiger partial charge in [0, 0.05) is 18.8 Å². The van der Waals surface area contributed by atoms with Crippen LogP contribution in [0.1, 0.15) is 25.7 Å². The fraction of sp³-hybridized carbons (Fsp3) is 0.786. The summed E-state index contributed by atoms with van der Waals surface area (Å²) in [7, 11) is 0. The Bertz CT molecular complexity index is 480. The maximum atomic E-state index is 12.6. The molecule has 1 unspecified atom stereocenters. The molecule has 0 aromatic heterocycles. The van der Waals surface area contributed by atoms with Gasteiger partial charge in [-0.2, -0.15) is 0 Å². The average molecular weight is 328 g/mol. The summed E-state index contributed by atoms with van der Waals surface area (Å²) in [5.41, 5.74) is 0. The topological polar surface area (TPSA) is 87.2 Å². The number of rotatable bonds is 3. The lowest BCUT2D eigenvalue weighted by atomic mass is 10.1. The second-order valence-corrected chi connectivity index (χ2v) is 6.88. The quantitative estimate of drug-likeness (QED) is 0.793. The Morgan fingerprint density at radius 2 is 1.73 bits per heavy atom. The normalized spacial score (nSPS) is 31.7. The Hall–Kier alpha value is -1.28. The number of aliphatic carboxylic acids is 1. The smallest absolute Gasteiger partial charge is 0.332 e. The van der Waals surface area contributed by atoms with Crippen molar-refractivity contribution in [1.29, 1.82) is 0 Å². The van der Waals surface area contributed by atoms with Crippen LogP contribution >= 0.6 is 11.8 Å². The van der Waals surface area contributed by atoms with Crippen molar-refractivity contribution in [3.63, 3.8) is 0 Å². The number of carboxylic acids is 1. The van der Waals surface area contributed by atoms with Crippen LogP contribution in [-0.4, -0.2) is 75.7 Å². The van der Waals surface area contributed by atoms with Crippen molar-refractivity contribution in [1.82, 2.24) is 9.80 Å². The lowest BCUT2D eigenvalue weighted by Crippen LogP contribution is -2.51. The maximum absolute atomic E-state index is 12.6. The van der Waals surface area contributed by atoms with Crippen molar-refractivity contribution in [3.8, 4) is 0 Å². The van der Waals surface area contributed by atoms with Gasteiger partial charge in [-0.25, -0.2) is 4.79 Å². The van der Waals surface area contributed by atoms with E-state index in [9.17, 15) is 14.4 Å². The Morgan fingerprint density at radius 3 is 2.36 bits per heavy atom. The van der Waals surface area contributed by atoms with Gasteiger partial charge in [-0.1, -0.05) is 0 Å². The van der Waals surface area contributed by atoms with Gasteiger partial charge < -0.3 is 19.6 Å². The molecule has 3 heterocycles. The van der Waals surface area contributed by atoms with E-state index in [0.717, 1.165) is 25.9 Å². The molecule has 3 saturated heterocycles. The van der Waals surface area contributed by atoms with E-state index in [4.69, 9.17) is 9.84 Å². The number of hydrogen-bond donors (Lipinski definition) is 1. The molecule has 8 heteroatoms. The molecular weight excluding hydrogens is 308 g/mol. The first kappa shape index (κ1) is 15.6. The van der Waals surface area contributed by atoms with Crippen molar-refractivity contribution in [3.05, 3.63) is 0 Å². The van der Waals surface area contributed by atoms with E-state index in [-0.39, 0.29) is 11.8 Å². The highest BCUT2D eigenvalue weighted by molar-refractivity contribution is 7.99. The van der Waals surface area contributed by atoms with E-state index in [1.54, 1.807) is 16.7 Å². The van der Waals surface area contributed by atoms with Crippen LogP contribution in [0.5, 0.6) is 0 Å². The molecular formula is C14H20N2O5S. The predicted molar refractivity (Wildman–Crippen MR) is 79.3 cm³/mol. The standard InChI is InChI=1S/C14H20N2O5S/c17-12(15-5-1-2-6-15)9-7-22-8-16(9)13(18)10-3-4-11(21-10)14(19)20/h9-11H,1-8H2,(H,19,20)/t9?,10-,11+/m0/s1. The zero-order valence-electron chi connectivity index (χ0n) is 12.3. The zero-order valence-corrected chi connectivity index (χ0v) is 13.1. The third-order valence-electron chi connectivity index (χ3n) is 4.44. The van der Waals surface area contributed by atoms with Crippen LogP contribution in [0.2, 0.25) is 0 Å². The molecule has 3 aliphatic rings. The van der Waals surface area contributed by atoms with Crippen LogP contribution < -0.4 is 0 Å². The van der Waals surface area contributed by atoms with Crippen LogP contribution in [0.15, 0.2) is 0 Å². The molecule has 22 heavy (non-hydrogen) atoms. The second-order valence-electron chi connectivity index (χ2n) is 5.89. The van der Waals surface area contributed by atoms with Gasteiger partial charge in [0.2, 0.25) is 5.91 Å². The highest BCUT2D eigenvalue weighted by atomic mass is 32.2. The van der Waals surface area contributed by atoms with Gasteiger partial charge in [0.15, 0.2) is 6.10 Å². The monoisotopic (exact) mass is 328 g/mol. The number of likely N-dealkylation sites (tertiary alicyclic amines) is 1. The van der Waals surface area contributed by atoms with Crippen molar-refractivity contribution < 1.29 is 24.2 Å².